The second-order valence-corrected chi connectivity index (χ2v) is 12.3. The molecular weight excluding hydrogens is 296 g/mol. The van der Waals surface area contributed by atoms with Crippen LogP contribution in [0.3, 0.4) is 0 Å². The summed E-state index contributed by atoms with van der Waals surface area (Å²) in [6.45, 7) is 17.5. The number of carbonyl (C=O) groups is 1. The molecule has 0 fully saturated rings. The third-order valence-electron chi connectivity index (χ3n) is 4.46. The van der Waals surface area contributed by atoms with Gasteiger partial charge in [0.1, 0.15) is 0 Å². The highest BCUT2D eigenvalue weighted by Crippen LogP contribution is 2.37. The minimum atomic E-state index is -1.80. The molecule has 0 radical (unpaired) electrons. The van der Waals surface area contributed by atoms with Gasteiger partial charge in [-0.2, -0.15) is 0 Å². The molecule has 0 heterocycles. The average Bonchev–Trinajstić information content (AvgIpc) is 2.40. The van der Waals surface area contributed by atoms with Crippen LogP contribution in [-0.4, -0.2) is 38.7 Å². The average molecular weight is 331 g/mol. The van der Waals surface area contributed by atoms with E-state index in [2.05, 4.69) is 33.9 Å². The fraction of sp³-hybridized carbons (Fsp3) is 0.824. The molecule has 0 aromatic rings. The Morgan fingerprint density at radius 3 is 2.27 bits per heavy atom. The number of esters is 1. The highest BCUT2D eigenvalue weighted by atomic mass is 28.4. The summed E-state index contributed by atoms with van der Waals surface area (Å²) in [6, 6.07) is 0. The van der Waals surface area contributed by atoms with E-state index in [9.17, 15) is 9.90 Å². The lowest BCUT2D eigenvalue weighted by atomic mass is 9.94. The van der Waals surface area contributed by atoms with Crippen molar-refractivity contribution in [2.75, 3.05) is 13.2 Å². The Morgan fingerprint density at radius 2 is 1.82 bits per heavy atom. The number of hydrogen-bond acceptors (Lipinski definition) is 4. The largest absolute Gasteiger partial charge is 0.463 e. The molecule has 0 aromatic heterocycles. The number of aliphatic hydroxyl groups is 1. The fourth-order valence-corrected chi connectivity index (χ4v) is 2.82. The Bertz CT molecular complexity index is 371. The quantitative estimate of drug-likeness (QED) is 0.418. The normalized spacial score (nSPS) is 17.3. The third kappa shape index (κ3) is 7.07. The van der Waals surface area contributed by atoms with Crippen LogP contribution in [-0.2, 0) is 14.0 Å². The molecule has 4 nitrogen and oxygen atoms in total. The molecule has 1 N–H and O–H groups in total. The lowest BCUT2D eigenvalue weighted by Gasteiger charge is -2.37. The summed E-state index contributed by atoms with van der Waals surface area (Å²) in [5.74, 6) is -0.481. The van der Waals surface area contributed by atoms with Gasteiger partial charge in [-0.1, -0.05) is 40.7 Å². The van der Waals surface area contributed by atoms with Crippen LogP contribution in [0, 0.1) is 11.8 Å². The highest BCUT2D eigenvalue weighted by molar-refractivity contribution is 6.74. The van der Waals surface area contributed by atoms with Gasteiger partial charge in [0.05, 0.1) is 12.7 Å². The first-order chi connectivity index (χ1) is 9.92. The first-order valence-corrected chi connectivity index (χ1v) is 11.0. The lowest BCUT2D eigenvalue weighted by Crippen LogP contribution is -2.43. The molecule has 5 heteroatoms. The zero-order chi connectivity index (χ0) is 17.6. The number of hydrogen-bond donors (Lipinski definition) is 1. The Balaban J connectivity index is 4.48. The lowest BCUT2D eigenvalue weighted by molar-refractivity contribution is -0.137. The summed E-state index contributed by atoms with van der Waals surface area (Å²) in [4.78, 5) is 11.3. The highest BCUT2D eigenvalue weighted by Gasteiger charge is 2.37. The number of ether oxygens (including phenoxy) is 1. The van der Waals surface area contributed by atoms with Crippen LogP contribution in [0.4, 0.5) is 0 Å². The molecule has 0 rings (SSSR count). The van der Waals surface area contributed by atoms with E-state index in [0.29, 0.717) is 13.2 Å². The van der Waals surface area contributed by atoms with E-state index in [-0.39, 0.29) is 22.8 Å². The third-order valence-corrected chi connectivity index (χ3v) is 8.96. The Kier molecular flexibility index (Phi) is 8.58. The van der Waals surface area contributed by atoms with Crippen molar-refractivity contribution >= 4 is 14.3 Å². The molecule has 22 heavy (non-hydrogen) atoms. The summed E-state index contributed by atoms with van der Waals surface area (Å²) in [5.41, 5.74) is 0. The first kappa shape index (κ1) is 21.3. The van der Waals surface area contributed by atoms with Gasteiger partial charge in [-0.15, -0.1) is 0 Å². The van der Waals surface area contributed by atoms with Crippen molar-refractivity contribution in [3.05, 3.63) is 12.2 Å². The molecule has 0 spiro atoms. The second-order valence-electron chi connectivity index (χ2n) is 7.51. The molecule has 0 saturated heterocycles. The van der Waals surface area contributed by atoms with Gasteiger partial charge in [-0.25, -0.2) is 4.79 Å². The van der Waals surface area contributed by atoms with E-state index in [0.717, 1.165) is 0 Å². The second kappa shape index (κ2) is 8.84. The van der Waals surface area contributed by atoms with Gasteiger partial charge in [0, 0.05) is 24.5 Å². The van der Waals surface area contributed by atoms with Crippen molar-refractivity contribution in [1.29, 1.82) is 0 Å². The molecule has 0 aromatic carbocycles. The predicted octanol–water partition coefficient (Wildman–Crippen LogP) is 3.76. The van der Waals surface area contributed by atoms with Crippen molar-refractivity contribution < 1.29 is 19.1 Å². The minimum absolute atomic E-state index is 0.0102. The zero-order valence-corrected chi connectivity index (χ0v) is 16.5. The smallest absolute Gasteiger partial charge is 0.330 e. The van der Waals surface area contributed by atoms with E-state index in [1.54, 1.807) is 13.0 Å². The summed E-state index contributed by atoms with van der Waals surface area (Å²) in [6.07, 6.45) is 2.54. The van der Waals surface area contributed by atoms with Crippen molar-refractivity contribution in [2.45, 2.75) is 65.8 Å². The fourth-order valence-electron chi connectivity index (χ4n) is 1.71. The SMILES string of the molecule is CCOC(=O)/C=C/[C@@H](C)[C@H](O)[C@H](C)CO[Si](C)(C)C(C)(C)C. The topological polar surface area (TPSA) is 55.8 Å². The Hall–Kier alpha value is -0.653. The van der Waals surface area contributed by atoms with Gasteiger partial charge in [0.25, 0.3) is 0 Å². The number of carbonyl (C=O) groups excluding carboxylic acids is 1. The van der Waals surface area contributed by atoms with Crippen LogP contribution in [0.1, 0.15) is 41.5 Å². The molecule has 0 aliphatic heterocycles. The van der Waals surface area contributed by atoms with Crippen LogP contribution in [0.2, 0.25) is 18.1 Å². The van der Waals surface area contributed by atoms with Crippen molar-refractivity contribution in [3.8, 4) is 0 Å². The molecule has 0 aliphatic carbocycles. The molecule has 3 atom stereocenters. The molecule has 0 amide bonds. The van der Waals surface area contributed by atoms with Crippen LogP contribution < -0.4 is 0 Å². The summed E-state index contributed by atoms with van der Waals surface area (Å²) >= 11 is 0. The maximum absolute atomic E-state index is 11.3. The summed E-state index contributed by atoms with van der Waals surface area (Å²) in [7, 11) is -1.80. The van der Waals surface area contributed by atoms with Gasteiger partial charge in [0.2, 0.25) is 0 Å². The number of rotatable bonds is 8. The Morgan fingerprint density at radius 1 is 1.27 bits per heavy atom. The molecule has 0 unspecified atom stereocenters. The Labute approximate surface area is 137 Å². The summed E-state index contributed by atoms with van der Waals surface area (Å²) in [5, 5.41) is 10.5. The van der Waals surface area contributed by atoms with Crippen molar-refractivity contribution in [3.63, 3.8) is 0 Å². The predicted molar refractivity (Wildman–Crippen MR) is 93.3 cm³/mol. The molecular formula is C17H34O4Si. The van der Waals surface area contributed by atoms with E-state index < -0.39 is 14.4 Å². The maximum atomic E-state index is 11.3. The zero-order valence-electron chi connectivity index (χ0n) is 15.5. The van der Waals surface area contributed by atoms with Gasteiger partial charge in [-0.3, -0.25) is 0 Å². The van der Waals surface area contributed by atoms with Gasteiger partial charge >= 0.3 is 5.97 Å². The van der Waals surface area contributed by atoms with Crippen LogP contribution in [0.5, 0.6) is 0 Å². The van der Waals surface area contributed by atoms with Gasteiger partial charge < -0.3 is 14.3 Å². The van der Waals surface area contributed by atoms with Gasteiger partial charge in [0.15, 0.2) is 8.32 Å². The van der Waals surface area contributed by atoms with Gasteiger partial charge in [-0.05, 0) is 25.1 Å². The standard InChI is InChI=1S/C17H34O4Si/c1-9-20-15(18)11-10-13(2)16(19)14(3)12-21-22(7,8)17(4,5)6/h10-11,13-14,16,19H,9,12H2,1-8H3/b11-10+/t13-,14-,16+/m1/s1. The van der Waals surface area contributed by atoms with E-state index in [1.165, 1.54) is 6.08 Å². The number of aliphatic hydroxyl groups excluding tert-OH is 1. The van der Waals surface area contributed by atoms with E-state index >= 15 is 0 Å². The van der Waals surface area contributed by atoms with E-state index in [4.69, 9.17) is 9.16 Å². The van der Waals surface area contributed by atoms with Crippen LogP contribution >= 0.6 is 0 Å². The maximum Gasteiger partial charge on any atom is 0.330 e. The minimum Gasteiger partial charge on any atom is -0.463 e. The van der Waals surface area contributed by atoms with E-state index in [1.807, 2.05) is 13.8 Å². The van der Waals surface area contributed by atoms with Crippen LogP contribution in [0.25, 0.3) is 0 Å². The van der Waals surface area contributed by atoms with Crippen LogP contribution in [0.15, 0.2) is 12.2 Å². The molecule has 0 saturated carbocycles. The van der Waals surface area contributed by atoms with Crippen molar-refractivity contribution in [1.82, 2.24) is 0 Å². The molecule has 0 aliphatic rings. The molecule has 0 bridgehead atoms. The molecule has 130 valence electrons. The summed E-state index contributed by atoms with van der Waals surface area (Å²) < 4.78 is 11.0. The monoisotopic (exact) mass is 330 g/mol. The first-order valence-electron chi connectivity index (χ1n) is 8.09. The van der Waals surface area contributed by atoms with Crippen molar-refractivity contribution in [2.24, 2.45) is 11.8 Å².